The minimum Gasteiger partial charge on any atom is -0.293 e. The van der Waals surface area contributed by atoms with Crippen molar-refractivity contribution >= 4 is 56.5 Å². The molecular formula is C57H38N2O6. The van der Waals surface area contributed by atoms with Gasteiger partial charge in [-0.15, -0.1) is 0 Å². The van der Waals surface area contributed by atoms with Crippen molar-refractivity contribution in [1.82, 2.24) is 9.97 Å². The molecule has 0 N–H and O–H groups in total. The predicted molar refractivity (Wildman–Crippen MR) is 250 cm³/mol. The van der Waals surface area contributed by atoms with Crippen LogP contribution in [0.25, 0.3) is 21.8 Å². The highest BCUT2D eigenvalue weighted by molar-refractivity contribution is 6.27. The first-order valence-electron chi connectivity index (χ1n) is 21.1. The second-order valence-electron chi connectivity index (χ2n) is 15.5. The maximum atomic E-state index is 15.6. The third-order valence-corrected chi connectivity index (χ3v) is 11.6. The zero-order valence-electron chi connectivity index (χ0n) is 34.8. The van der Waals surface area contributed by atoms with Crippen LogP contribution in [0.3, 0.4) is 0 Å². The Hall–Kier alpha value is -8.62. The molecule has 0 atom stereocenters. The maximum absolute atomic E-state index is 15.6. The number of rotatable bonds is 15. The van der Waals surface area contributed by atoms with Gasteiger partial charge in [0.15, 0.2) is 34.7 Å². The van der Waals surface area contributed by atoms with Gasteiger partial charge in [-0.3, -0.25) is 38.7 Å². The molecule has 9 aromatic rings. The average Bonchev–Trinajstić information content (AvgIpc) is 3.38. The van der Waals surface area contributed by atoms with Crippen LogP contribution in [0.1, 0.15) is 96.7 Å². The largest absolute Gasteiger partial charge is 0.293 e. The highest BCUT2D eigenvalue weighted by Crippen LogP contribution is 2.45. The number of benzene rings is 7. The lowest BCUT2D eigenvalue weighted by atomic mass is 9.71. The van der Waals surface area contributed by atoms with Crippen LogP contribution in [0.2, 0.25) is 0 Å². The van der Waals surface area contributed by atoms with Gasteiger partial charge >= 0.3 is 0 Å². The molecule has 2 aromatic heterocycles. The Morgan fingerprint density at radius 3 is 0.985 bits per heavy atom. The normalized spacial score (nSPS) is 11.2. The van der Waals surface area contributed by atoms with Crippen LogP contribution in [0.15, 0.2) is 212 Å². The summed E-state index contributed by atoms with van der Waals surface area (Å²) >= 11 is 0. The molecule has 0 fully saturated rings. The van der Waals surface area contributed by atoms with Gasteiger partial charge < -0.3 is 0 Å². The molecule has 7 aromatic carbocycles. The molecule has 0 aliphatic heterocycles. The van der Waals surface area contributed by atoms with Gasteiger partial charge in [-0.25, -0.2) is 0 Å². The zero-order valence-corrected chi connectivity index (χ0v) is 34.8. The molecule has 0 spiro atoms. The smallest absolute Gasteiger partial charge is 0.179 e. The van der Waals surface area contributed by atoms with E-state index in [9.17, 15) is 0 Å². The summed E-state index contributed by atoms with van der Waals surface area (Å²) in [5.74, 6) is -9.36. The van der Waals surface area contributed by atoms with Gasteiger partial charge in [0.05, 0.1) is 16.7 Å². The minimum atomic E-state index is -1.84. The first kappa shape index (κ1) is 41.7. The van der Waals surface area contributed by atoms with E-state index in [-0.39, 0.29) is 61.1 Å². The van der Waals surface area contributed by atoms with E-state index < -0.39 is 52.5 Å². The number of hydrogen-bond donors (Lipinski definition) is 0. The van der Waals surface area contributed by atoms with Crippen molar-refractivity contribution in [3.63, 3.8) is 0 Å². The van der Waals surface area contributed by atoms with Gasteiger partial charge in [0.25, 0.3) is 0 Å². The van der Waals surface area contributed by atoms with Gasteiger partial charge in [0, 0.05) is 50.4 Å². The number of Topliss-reactive ketones (excluding diaryl/α,β-unsaturated/α-hetero) is 6. The lowest BCUT2D eigenvalue weighted by Gasteiger charge is -2.29. The van der Waals surface area contributed by atoms with Crippen molar-refractivity contribution in [2.24, 2.45) is 0 Å². The van der Waals surface area contributed by atoms with Crippen LogP contribution >= 0.6 is 0 Å². The molecular weight excluding hydrogens is 809 g/mol. The van der Waals surface area contributed by atoms with Crippen molar-refractivity contribution in [1.29, 1.82) is 0 Å². The second-order valence-corrected chi connectivity index (χ2v) is 15.5. The molecule has 0 saturated heterocycles. The summed E-state index contributed by atoms with van der Waals surface area (Å²) in [4.78, 5) is 103. The molecule has 0 radical (unpaired) electrons. The molecule has 8 heteroatoms. The monoisotopic (exact) mass is 846 g/mol. The van der Waals surface area contributed by atoms with E-state index in [1.807, 2.05) is 0 Å². The van der Waals surface area contributed by atoms with Crippen molar-refractivity contribution < 1.29 is 28.8 Å². The van der Waals surface area contributed by atoms with E-state index in [0.717, 1.165) is 0 Å². The Kier molecular flexibility index (Phi) is 11.8. The number of hydrogen-bond acceptors (Lipinski definition) is 8. The van der Waals surface area contributed by atoms with E-state index >= 15 is 28.8 Å². The van der Waals surface area contributed by atoms with Crippen LogP contribution in [0, 0.1) is 0 Å². The van der Waals surface area contributed by atoms with Gasteiger partial charge in [0.1, 0.15) is 17.8 Å². The Bertz CT molecular complexity index is 3100. The standard InChI is InChI=1S/C57H38N2O6/c60-52(36-20-7-1-8-21-36)47(53(61)37-22-9-2-10-23-37)45-43-33-34-44-42(32-19-35-58-44)50(43)59-51(49(56(64)40-28-15-5-16-29-40)57(65)41-30-17-6-18-31-41)46(45)48(54(62)38-24-11-3-12-25-38)55(63)39-26-13-4-14-27-39/h1-35,47-49H. The number of fused-ring (bicyclic) bond motifs is 3. The van der Waals surface area contributed by atoms with Crippen LogP contribution in [-0.2, 0) is 0 Å². The van der Waals surface area contributed by atoms with E-state index in [4.69, 9.17) is 4.98 Å². The second kappa shape index (κ2) is 18.4. The van der Waals surface area contributed by atoms with E-state index in [1.165, 1.54) is 0 Å². The third-order valence-electron chi connectivity index (χ3n) is 11.6. The number of carbonyl (C=O) groups is 6. The lowest BCUT2D eigenvalue weighted by Crippen LogP contribution is -2.33. The molecule has 0 unspecified atom stereocenters. The first-order chi connectivity index (χ1) is 31.8. The fraction of sp³-hybridized carbons (Fsp3) is 0.0526. The molecule has 8 nitrogen and oxygen atoms in total. The van der Waals surface area contributed by atoms with Crippen molar-refractivity contribution in [3.05, 3.63) is 263 Å². The Morgan fingerprint density at radius 2 is 0.631 bits per heavy atom. The quantitative estimate of drug-likeness (QED) is 0.0567. The summed E-state index contributed by atoms with van der Waals surface area (Å²) in [5.41, 5.74) is 1.22. The molecule has 0 aliphatic carbocycles. The topological polar surface area (TPSA) is 128 Å². The number of carbonyl (C=O) groups excluding carboxylic acids is 6. The summed E-state index contributed by atoms with van der Waals surface area (Å²) < 4.78 is 0. The lowest BCUT2D eigenvalue weighted by molar-refractivity contribution is 0.0823. The third kappa shape index (κ3) is 8.12. The predicted octanol–water partition coefficient (Wildman–Crippen LogP) is 11.3. The van der Waals surface area contributed by atoms with Crippen LogP contribution < -0.4 is 0 Å². The van der Waals surface area contributed by atoms with Crippen LogP contribution in [0.4, 0.5) is 0 Å². The van der Waals surface area contributed by atoms with Crippen molar-refractivity contribution in [3.8, 4) is 0 Å². The summed E-state index contributed by atoms with van der Waals surface area (Å²) in [6, 6.07) is 56.4. The zero-order chi connectivity index (χ0) is 44.9. The summed E-state index contributed by atoms with van der Waals surface area (Å²) in [6.45, 7) is 0. The maximum Gasteiger partial charge on any atom is 0.179 e. The SMILES string of the molecule is O=C(c1ccccc1)C(C(=O)c1ccccc1)c1nc2c(ccc3ncccc32)c(C(C(=O)c2ccccc2)C(=O)c2ccccc2)c1C(C(=O)c1ccccc1)C(=O)c1ccccc1. The fourth-order valence-corrected chi connectivity index (χ4v) is 8.52. The molecule has 0 amide bonds. The molecule has 312 valence electrons. The summed E-state index contributed by atoms with van der Waals surface area (Å²) in [7, 11) is 0. The van der Waals surface area contributed by atoms with Gasteiger partial charge in [-0.05, 0) is 29.3 Å². The van der Waals surface area contributed by atoms with Crippen molar-refractivity contribution in [2.45, 2.75) is 17.8 Å². The molecule has 2 heterocycles. The molecule has 0 bridgehead atoms. The molecule has 9 rings (SSSR count). The highest BCUT2D eigenvalue weighted by atomic mass is 16.2. The number of nitrogens with zero attached hydrogens (tertiary/aromatic N) is 2. The molecule has 0 aliphatic rings. The summed E-state index contributed by atoms with van der Waals surface area (Å²) in [6.07, 6.45) is 1.61. The minimum absolute atomic E-state index is 0.0243. The fourth-order valence-electron chi connectivity index (χ4n) is 8.52. The molecule has 0 saturated carbocycles. The highest BCUT2D eigenvalue weighted by Gasteiger charge is 2.45. The summed E-state index contributed by atoms with van der Waals surface area (Å²) in [5, 5.41) is 0.739. The van der Waals surface area contributed by atoms with Gasteiger partial charge in [0.2, 0.25) is 0 Å². The van der Waals surface area contributed by atoms with Crippen LogP contribution in [-0.4, -0.2) is 44.7 Å². The van der Waals surface area contributed by atoms with Crippen LogP contribution in [0.5, 0.6) is 0 Å². The van der Waals surface area contributed by atoms with E-state index in [1.54, 1.807) is 212 Å². The number of ketones is 6. The van der Waals surface area contributed by atoms with E-state index in [2.05, 4.69) is 4.98 Å². The van der Waals surface area contributed by atoms with Gasteiger partial charge in [-0.2, -0.15) is 0 Å². The molecule has 65 heavy (non-hydrogen) atoms. The van der Waals surface area contributed by atoms with E-state index in [0.29, 0.717) is 10.9 Å². The number of aromatic nitrogens is 2. The number of pyridine rings is 2. The van der Waals surface area contributed by atoms with Gasteiger partial charge in [-0.1, -0.05) is 188 Å². The Balaban J connectivity index is 1.51. The Labute approximate surface area is 374 Å². The average molecular weight is 847 g/mol. The van der Waals surface area contributed by atoms with Crippen molar-refractivity contribution in [2.75, 3.05) is 0 Å². The first-order valence-corrected chi connectivity index (χ1v) is 21.1. The Morgan fingerprint density at radius 1 is 0.308 bits per heavy atom.